The van der Waals surface area contributed by atoms with Crippen LogP contribution in [0.5, 0.6) is 0 Å². The molecular weight excluding hydrogens is 305 g/mol. The highest BCUT2D eigenvalue weighted by Crippen LogP contribution is 2.27. The molecule has 122 valence electrons. The number of carbonyl (C=O) groups is 1. The van der Waals surface area contributed by atoms with Gasteiger partial charge in [0.1, 0.15) is 11.5 Å². The fraction of sp³-hybridized carbons (Fsp3) is 0.316. The van der Waals surface area contributed by atoms with Crippen molar-refractivity contribution in [2.75, 3.05) is 6.54 Å². The molecule has 24 heavy (non-hydrogen) atoms. The van der Waals surface area contributed by atoms with Gasteiger partial charge in [-0.15, -0.1) is 0 Å². The lowest BCUT2D eigenvalue weighted by molar-refractivity contribution is 0.0949. The highest BCUT2D eigenvalue weighted by Gasteiger charge is 2.31. The lowest BCUT2D eigenvalue weighted by Gasteiger charge is -2.18. The fourth-order valence-electron chi connectivity index (χ4n) is 3.13. The van der Waals surface area contributed by atoms with Crippen LogP contribution >= 0.6 is 0 Å². The van der Waals surface area contributed by atoms with Gasteiger partial charge in [0, 0.05) is 30.8 Å². The minimum Gasteiger partial charge on any atom is -0.308 e. The number of pyridine rings is 1. The molecule has 0 saturated carbocycles. The Bertz CT molecular complexity index is 765. The van der Waals surface area contributed by atoms with Gasteiger partial charge in [0.2, 0.25) is 0 Å². The van der Waals surface area contributed by atoms with Crippen LogP contribution in [0.3, 0.4) is 0 Å². The highest BCUT2D eigenvalue weighted by atomic mass is 19.1. The number of Topliss-reactive ketones (excluding diaryl/α,β-unsaturated/α-hetero) is 1. The van der Waals surface area contributed by atoms with Gasteiger partial charge < -0.3 is 4.90 Å². The topological polar surface area (TPSA) is 57.0 Å². The number of benzene rings is 1. The molecule has 4 nitrogen and oxygen atoms in total. The molecule has 1 aromatic heterocycles. The molecule has 0 aliphatic carbocycles. The van der Waals surface area contributed by atoms with E-state index in [2.05, 4.69) is 11.2 Å². The molecule has 1 fully saturated rings. The average molecular weight is 323 g/mol. The van der Waals surface area contributed by atoms with Crippen molar-refractivity contribution in [2.24, 2.45) is 5.92 Å². The first-order valence-electron chi connectivity index (χ1n) is 8.00. The molecule has 1 aromatic carbocycles. The number of aromatic nitrogens is 1. The first-order chi connectivity index (χ1) is 11.6. The number of likely N-dealkylation sites (tertiary alicyclic amines) is 1. The predicted octanol–water partition coefficient (Wildman–Crippen LogP) is 3.65. The minimum atomic E-state index is -0.282. The second-order valence-corrected chi connectivity index (χ2v) is 6.15. The second-order valence-electron chi connectivity index (χ2n) is 6.15. The SMILES string of the molecule is C[C@@H]1[C@H](CC(=O)c2ccc(-c3ccc(F)cc3)cn2)CCN1C#N. The molecule has 1 saturated heterocycles. The van der Waals surface area contributed by atoms with Crippen LogP contribution in [0.1, 0.15) is 30.3 Å². The Labute approximate surface area is 140 Å². The van der Waals surface area contributed by atoms with Crippen LogP contribution in [-0.4, -0.2) is 28.3 Å². The van der Waals surface area contributed by atoms with Crippen molar-refractivity contribution >= 4 is 5.78 Å². The van der Waals surface area contributed by atoms with Crippen LogP contribution in [0.15, 0.2) is 42.6 Å². The molecule has 3 rings (SSSR count). The van der Waals surface area contributed by atoms with Crippen LogP contribution in [0.2, 0.25) is 0 Å². The van der Waals surface area contributed by atoms with Gasteiger partial charge in [-0.05, 0) is 43.0 Å². The number of rotatable bonds is 4. The number of halogens is 1. The minimum absolute atomic E-state index is 0.00250. The third kappa shape index (κ3) is 3.28. The van der Waals surface area contributed by atoms with E-state index in [9.17, 15) is 9.18 Å². The zero-order valence-electron chi connectivity index (χ0n) is 13.4. The van der Waals surface area contributed by atoms with Gasteiger partial charge in [0.15, 0.2) is 12.0 Å². The Kier molecular flexibility index (Phi) is 4.57. The Morgan fingerprint density at radius 3 is 2.58 bits per heavy atom. The average Bonchev–Trinajstić information content (AvgIpc) is 2.95. The maximum atomic E-state index is 13.0. The van der Waals surface area contributed by atoms with E-state index in [0.717, 1.165) is 17.5 Å². The molecule has 0 amide bonds. The molecule has 1 aliphatic heterocycles. The van der Waals surface area contributed by atoms with E-state index in [1.807, 2.05) is 13.0 Å². The Morgan fingerprint density at radius 2 is 2.00 bits per heavy atom. The molecule has 0 N–H and O–H groups in total. The van der Waals surface area contributed by atoms with E-state index in [0.29, 0.717) is 18.7 Å². The number of hydrogen-bond donors (Lipinski definition) is 0. The van der Waals surface area contributed by atoms with Crippen LogP contribution in [-0.2, 0) is 0 Å². The molecule has 0 unspecified atom stereocenters. The number of nitrogens with zero attached hydrogens (tertiary/aromatic N) is 3. The zero-order chi connectivity index (χ0) is 17.1. The smallest absolute Gasteiger partial charge is 0.181 e. The van der Waals surface area contributed by atoms with Gasteiger partial charge >= 0.3 is 0 Å². The maximum Gasteiger partial charge on any atom is 0.181 e. The fourth-order valence-corrected chi connectivity index (χ4v) is 3.13. The van der Waals surface area contributed by atoms with E-state index < -0.39 is 0 Å². The van der Waals surface area contributed by atoms with Crippen molar-refractivity contribution < 1.29 is 9.18 Å². The summed E-state index contributed by atoms with van der Waals surface area (Å²) in [6, 6.07) is 9.80. The van der Waals surface area contributed by atoms with E-state index in [1.165, 1.54) is 12.1 Å². The lowest BCUT2D eigenvalue weighted by atomic mass is 9.94. The summed E-state index contributed by atoms with van der Waals surface area (Å²) in [6.45, 7) is 2.70. The maximum absolute atomic E-state index is 13.0. The summed E-state index contributed by atoms with van der Waals surface area (Å²) < 4.78 is 13.0. The molecule has 2 aromatic rings. The number of ketones is 1. The van der Waals surface area contributed by atoms with Crippen molar-refractivity contribution in [3.8, 4) is 17.3 Å². The van der Waals surface area contributed by atoms with Crippen molar-refractivity contribution in [3.05, 3.63) is 54.1 Å². The van der Waals surface area contributed by atoms with Crippen molar-refractivity contribution in [1.82, 2.24) is 9.88 Å². The molecule has 0 radical (unpaired) electrons. The standard InChI is InChI=1S/C19H18FN3O/c1-13-15(8-9-23(13)12-21)10-19(24)18-7-4-16(11-22-18)14-2-5-17(20)6-3-14/h2-7,11,13,15H,8-10H2,1H3/t13-,15+/m1/s1. The summed E-state index contributed by atoms with van der Waals surface area (Å²) in [5, 5.41) is 9.02. The van der Waals surface area contributed by atoms with Crippen LogP contribution in [0.25, 0.3) is 11.1 Å². The molecule has 0 bridgehead atoms. The summed E-state index contributed by atoms with van der Waals surface area (Å²) in [5.41, 5.74) is 2.14. The Hall–Kier alpha value is -2.74. The summed E-state index contributed by atoms with van der Waals surface area (Å²) in [7, 11) is 0. The zero-order valence-corrected chi connectivity index (χ0v) is 13.4. The normalized spacial score (nSPS) is 20.0. The van der Waals surface area contributed by atoms with Gasteiger partial charge in [0.05, 0.1) is 0 Å². The van der Waals surface area contributed by atoms with E-state index in [1.54, 1.807) is 29.3 Å². The van der Waals surface area contributed by atoms with Crippen LogP contribution in [0.4, 0.5) is 4.39 Å². The molecular formula is C19H18FN3O. The van der Waals surface area contributed by atoms with Crippen molar-refractivity contribution in [3.63, 3.8) is 0 Å². The van der Waals surface area contributed by atoms with Gasteiger partial charge in [-0.3, -0.25) is 9.78 Å². The van der Waals surface area contributed by atoms with Gasteiger partial charge in [0.25, 0.3) is 0 Å². The van der Waals surface area contributed by atoms with Crippen LogP contribution in [0, 0.1) is 23.2 Å². The van der Waals surface area contributed by atoms with Crippen LogP contribution < -0.4 is 0 Å². The number of nitriles is 1. The van der Waals surface area contributed by atoms with Crippen molar-refractivity contribution in [1.29, 1.82) is 5.26 Å². The molecule has 1 aliphatic rings. The number of hydrogen-bond acceptors (Lipinski definition) is 4. The first kappa shape index (κ1) is 16.1. The van der Waals surface area contributed by atoms with Gasteiger partial charge in [-0.1, -0.05) is 18.2 Å². The van der Waals surface area contributed by atoms with E-state index in [4.69, 9.17) is 5.26 Å². The second kappa shape index (κ2) is 6.79. The first-order valence-corrected chi connectivity index (χ1v) is 8.00. The summed E-state index contributed by atoms with van der Waals surface area (Å²) in [5.74, 6) is -0.0939. The summed E-state index contributed by atoms with van der Waals surface area (Å²) in [4.78, 5) is 18.4. The third-order valence-corrected chi connectivity index (χ3v) is 4.72. The van der Waals surface area contributed by atoms with Gasteiger partial charge in [-0.25, -0.2) is 4.39 Å². The Balaban J connectivity index is 1.68. The highest BCUT2D eigenvalue weighted by molar-refractivity contribution is 5.94. The predicted molar refractivity (Wildman–Crippen MR) is 88.5 cm³/mol. The molecule has 5 heteroatoms. The van der Waals surface area contributed by atoms with Gasteiger partial charge in [-0.2, -0.15) is 5.26 Å². The largest absolute Gasteiger partial charge is 0.308 e. The Morgan fingerprint density at radius 1 is 1.29 bits per heavy atom. The summed E-state index contributed by atoms with van der Waals surface area (Å²) >= 11 is 0. The van der Waals surface area contributed by atoms with E-state index in [-0.39, 0.29) is 23.6 Å². The molecule has 2 heterocycles. The van der Waals surface area contributed by atoms with E-state index >= 15 is 0 Å². The lowest BCUT2D eigenvalue weighted by Crippen LogP contribution is -2.26. The number of carbonyl (C=O) groups excluding carboxylic acids is 1. The third-order valence-electron chi connectivity index (χ3n) is 4.72. The monoisotopic (exact) mass is 323 g/mol. The summed E-state index contributed by atoms with van der Waals surface area (Å²) in [6.07, 6.45) is 5.07. The quantitative estimate of drug-likeness (QED) is 0.636. The molecule has 2 atom stereocenters. The molecule has 0 spiro atoms. The van der Waals surface area contributed by atoms with Crippen molar-refractivity contribution in [2.45, 2.75) is 25.8 Å².